The maximum absolute atomic E-state index is 10.6. The Balaban J connectivity index is 2.80. The zero-order valence-corrected chi connectivity index (χ0v) is 5.87. The summed E-state index contributed by atoms with van der Waals surface area (Å²) in [6, 6.07) is 0. The molecule has 0 aliphatic rings. The molecule has 60 valence electrons. The van der Waals surface area contributed by atoms with E-state index in [9.17, 15) is 4.79 Å². The number of carbonyl (C=O) groups is 1. The van der Waals surface area contributed by atoms with Gasteiger partial charge in [0.1, 0.15) is 0 Å². The molecular weight excluding hydrogens is 150 g/mol. The largest absolute Gasteiger partial charge is 0.333 e. The second-order valence-electron chi connectivity index (χ2n) is 1.81. The summed E-state index contributed by atoms with van der Waals surface area (Å²) < 4.78 is 4.48. The van der Waals surface area contributed by atoms with Crippen molar-refractivity contribution in [1.82, 2.24) is 15.6 Å². The fourth-order valence-electron chi connectivity index (χ4n) is 0.538. The van der Waals surface area contributed by atoms with E-state index in [2.05, 4.69) is 14.7 Å². The average Bonchev–Trinajstić information content (AvgIpc) is 2.50. The first-order chi connectivity index (χ1) is 5.27. The van der Waals surface area contributed by atoms with Gasteiger partial charge in [0.15, 0.2) is 5.82 Å². The smallest absolute Gasteiger partial charge is 0.328 e. The fraction of sp³-hybridized carbons (Fsp3) is 0.400. The standard InChI is InChI=1S/C5H7N3O3/c1-2-3-6-5(11-8-3)4(9)7-10/h10H,2H2,1H3,(H,7,9). The van der Waals surface area contributed by atoms with Gasteiger partial charge >= 0.3 is 11.8 Å². The van der Waals surface area contributed by atoms with Gasteiger partial charge in [-0.2, -0.15) is 4.98 Å². The molecule has 1 heterocycles. The lowest BCUT2D eigenvalue weighted by Gasteiger charge is -1.86. The van der Waals surface area contributed by atoms with Crippen molar-refractivity contribution in [3.63, 3.8) is 0 Å². The van der Waals surface area contributed by atoms with Gasteiger partial charge in [-0.15, -0.1) is 0 Å². The highest BCUT2D eigenvalue weighted by Crippen LogP contribution is 1.96. The van der Waals surface area contributed by atoms with Crippen molar-refractivity contribution in [3.05, 3.63) is 11.7 Å². The lowest BCUT2D eigenvalue weighted by Crippen LogP contribution is -2.18. The van der Waals surface area contributed by atoms with Gasteiger partial charge < -0.3 is 4.52 Å². The van der Waals surface area contributed by atoms with Gasteiger partial charge in [-0.3, -0.25) is 10.0 Å². The highest BCUT2D eigenvalue weighted by atomic mass is 16.5. The molecule has 11 heavy (non-hydrogen) atoms. The van der Waals surface area contributed by atoms with Crippen molar-refractivity contribution in [1.29, 1.82) is 0 Å². The van der Waals surface area contributed by atoms with Crippen LogP contribution in [0.1, 0.15) is 23.4 Å². The van der Waals surface area contributed by atoms with Crippen LogP contribution in [0, 0.1) is 0 Å². The molecule has 0 radical (unpaired) electrons. The fourth-order valence-corrected chi connectivity index (χ4v) is 0.538. The molecule has 1 rings (SSSR count). The molecule has 1 amide bonds. The van der Waals surface area contributed by atoms with E-state index >= 15 is 0 Å². The van der Waals surface area contributed by atoms with Gasteiger partial charge in [-0.1, -0.05) is 12.1 Å². The van der Waals surface area contributed by atoms with Crippen molar-refractivity contribution >= 4 is 5.91 Å². The number of aromatic nitrogens is 2. The number of rotatable bonds is 2. The Bertz CT molecular complexity index is 257. The lowest BCUT2D eigenvalue weighted by molar-refractivity contribution is 0.0659. The Kier molecular flexibility index (Phi) is 2.17. The minimum absolute atomic E-state index is 0.232. The van der Waals surface area contributed by atoms with E-state index in [0.717, 1.165) is 0 Å². The summed E-state index contributed by atoms with van der Waals surface area (Å²) in [7, 11) is 0. The Morgan fingerprint density at radius 2 is 2.55 bits per heavy atom. The second kappa shape index (κ2) is 3.11. The van der Waals surface area contributed by atoms with Crippen LogP contribution in [0.4, 0.5) is 0 Å². The third-order valence-corrected chi connectivity index (χ3v) is 1.08. The highest BCUT2D eigenvalue weighted by molar-refractivity contribution is 5.88. The lowest BCUT2D eigenvalue weighted by atomic mass is 10.5. The van der Waals surface area contributed by atoms with E-state index in [4.69, 9.17) is 5.21 Å². The van der Waals surface area contributed by atoms with Crippen LogP contribution < -0.4 is 5.48 Å². The Morgan fingerprint density at radius 1 is 1.82 bits per heavy atom. The molecule has 0 bridgehead atoms. The molecule has 0 saturated carbocycles. The van der Waals surface area contributed by atoms with Gasteiger partial charge in [-0.05, 0) is 0 Å². The zero-order valence-electron chi connectivity index (χ0n) is 5.87. The molecule has 0 fully saturated rings. The quantitative estimate of drug-likeness (QED) is 0.456. The molecule has 1 aromatic heterocycles. The summed E-state index contributed by atoms with van der Waals surface area (Å²) in [4.78, 5) is 14.2. The van der Waals surface area contributed by atoms with Crippen LogP contribution in [0.5, 0.6) is 0 Å². The Labute approximate surface area is 62.2 Å². The van der Waals surface area contributed by atoms with E-state index in [1.807, 2.05) is 6.92 Å². The number of aryl methyl sites for hydroxylation is 1. The van der Waals surface area contributed by atoms with Gasteiger partial charge in [0.25, 0.3) is 0 Å². The zero-order chi connectivity index (χ0) is 8.27. The highest BCUT2D eigenvalue weighted by Gasteiger charge is 2.12. The summed E-state index contributed by atoms with van der Waals surface area (Å²) in [5, 5.41) is 11.6. The number of hydrogen-bond donors (Lipinski definition) is 2. The first kappa shape index (κ1) is 7.67. The topological polar surface area (TPSA) is 88.2 Å². The molecule has 1 aromatic rings. The Morgan fingerprint density at radius 3 is 3.00 bits per heavy atom. The third-order valence-electron chi connectivity index (χ3n) is 1.08. The first-order valence-corrected chi connectivity index (χ1v) is 3.05. The van der Waals surface area contributed by atoms with Crippen molar-refractivity contribution < 1.29 is 14.5 Å². The summed E-state index contributed by atoms with van der Waals surface area (Å²) in [6.07, 6.45) is 0.586. The third kappa shape index (κ3) is 1.53. The molecule has 0 aromatic carbocycles. The van der Waals surface area contributed by atoms with Gasteiger partial charge in [0, 0.05) is 6.42 Å². The predicted octanol–water partition coefficient (Wildman–Crippen LogP) is -0.249. The summed E-state index contributed by atoms with van der Waals surface area (Å²) in [5.74, 6) is -0.592. The predicted molar refractivity (Wildman–Crippen MR) is 32.9 cm³/mol. The SMILES string of the molecule is CCc1noc(C(=O)NO)n1. The number of nitrogens with zero attached hydrogens (tertiary/aromatic N) is 2. The van der Waals surface area contributed by atoms with E-state index in [1.165, 1.54) is 5.48 Å². The average molecular weight is 157 g/mol. The number of nitrogens with one attached hydrogen (secondary N) is 1. The molecule has 0 spiro atoms. The van der Waals surface area contributed by atoms with Crippen LogP contribution >= 0.6 is 0 Å². The molecule has 0 aliphatic heterocycles. The normalized spacial score (nSPS) is 9.64. The van der Waals surface area contributed by atoms with E-state index < -0.39 is 5.91 Å². The number of hydroxylamine groups is 1. The summed E-state index contributed by atoms with van der Waals surface area (Å²) in [5.41, 5.74) is 1.38. The molecule has 6 nitrogen and oxygen atoms in total. The molecular formula is C5H7N3O3. The molecule has 0 atom stereocenters. The molecule has 6 heteroatoms. The maximum atomic E-state index is 10.6. The number of hydrogen-bond acceptors (Lipinski definition) is 5. The summed E-state index contributed by atoms with van der Waals surface area (Å²) in [6.45, 7) is 1.82. The van der Waals surface area contributed by atoms with Gasteiger partial charge in [0.05, 0.1) is 0 Å². The Hall–Kier alpha value is -1.43. The van der Waals surface area contributed by atoms with E-state index in [0.29, 0.717) is 12.2 Å². The van der Waals surface area contributed by atoms with Crippen LogP contribution in [0.2, 0.25) is 0 Å². The van der Waals surface area contributed by atoms with Crippen molar-refractivity contribution in [2.45, 2.75) is 13.3 Å². The second-order valence-corrected chi connectivity index (χ2v) is 1.81. The minimum atomic E-state index is -0.794. The maximum Gasteiger partial charge on any atom is 0.333 e. The van der Waals surface area contributed by atoms with E-state index in [1.54, 1.807) is 0 Å². The minimum Gasteiger partial charge on any atom is -0.328 e. The van der Waals surface area contributed by atoms with E-state index in [-0.39, 0.29) is 5.89 Å². The molecule has 0 saturated heterocycles. The van der Waals surface area contributed by atoms with Crippen LogP contribution in [0.15, 0.2) is 4.52 Å². The van der Waals surface area contributed by atoms with Crippen molar-refractivity contribution in [2.24, 2.45) is 0 Å². The molecule has 0 aliphatic carbocycles. The van der Waals surface area contributed by atoms with Crippen molar-refractivity contribution in [2.75, 3.05) is 0 Å². The van der Waals surface area contributed by atoms with Crippen LogP contribution in [-0.4, -0.2) is 21.3 Å². The van der Waals surface area contributed by atoms with Gasteiger partial charge in [0.2, 0.25) is 0 Å². The first-order valence-electron chi connectivity index (χ1n) is 3.05. The van der Waals surface area contributed by atoms with Gasteiger partial charge in [-0.25, -0.2) is 5.48 Å². The number of carbonyl (C=O) groups excluding carboxylic acids is 1. The van der Waals surface area contributed by atoms with Crippen LogP contribution in [-0.2, 0) is 6.42 Å². The van der Waals surface area contributed by atoms with Crippen molar-refractivity contribution in [3.8, 4) is 0 Å². The molecule has 2 N–H and O–H groups in total. The van der Waals surface area contributed by atoms with Crippen LogP contribution in [0.3, 0.4) is 0 Å². The van der Waals surface area contributed by atoms with Crippen LogP contribution in [0.25, 0.3) is 0 Å². The monoisotopic (exact) mass is 157 g/mol. The summed E-state index contributed by atoms with van der Waals surface area (Å²) >= 11 is 0. The molecule has 0 unspecified atom stereocenters. The number of amides is 1.